The summed E-state index contributed by atoms with van der Waals surface area (Å²) in [6.45, 7) is 30.2. The molecule has 0 aliphatic heterocycles. The number of hydrogen-bond donors (Lipinski definition) is 0. The Labute approximate surface area is 239 Å². The maximum Gasteiger partial charge on any atom is 0.234 e. The van der Waals surface area contributed by atoms with Gasteiger partial charge < -0.3 is 0 Å². The highest BCUT2D eigenvalue weighted by atomic mass is 17.3. The van der Waals surface area contributed by atoms with Crippen LogP contribution < -0.4 is 0 Å². The van der Waals surface area contributed by atoms with E-state index in [1.807, 2.05) is 83.1 Å². The smallest absolute Gasteiger partial charge is 0.228 e. The first-order chi connectivity index (χ1) is 17.3. The van der Waals surface area contributed by atoms with Crippen LogP contribution in [0.4, 0.5) is 0 Å². The van der Waals surface area contributed by atoms with Crippen LogP contribution in [0.25, 0.3) is 0 Å². The zero-order valence-electron chi connectivity index (χ0n) is 28.0. The molecule has 8 nitrogen and oxygen atoms in total. The van der Waals surface area contributed by atoms with Crippen LogP contribution in [-0.2, 0) is 39.1 Å². The molecule has 0 saturated heterocycles. The predicted octanol–water partition coefficient (Wildman–Crippen LogP) is 9.16. The highest BCUT2D eigenvalue weighted by Crippen LogP contribution is 2.47. The first-order valence-corrected chi connectivity index (χ1v) is 14.8. The second-order valence-corrected chi connectivity index (χ2v) is 16.4. The van der Waals surface area contributed by atoms with Gasteiger partial charge in [-0.1, -0.05) is 27.2 Å². The van der Waals surface area contributed by atoms with E-state index in [4.69, 9.17) is 39.1 Å². The zero-order valence-corrected chi connectivity index (χ0v) is 28.0. The Morgan fingerprint density at radius 2 is 0.821 bits per heavy atom. The summed E-state index contributed by atoms with van der Waals surface area (Å²) in [5, 5.41) is 0. The van der Waals surface area contributed by atoms with Crippen LogP contribution in [0.2, 0.25) is 0 Å². The highest BCUT2D eigenvalue weighted by molar-refractivity contribution is 4.88. The summed E-state index contributed by atoms with van der Waals surface area (Å²) in [6.07, 6.45) is 7.62. The summed E-state index contributed by atoms with van der Waals surface area (Å²) in [5.74, 6) is -1.11. The second kappa shape index (κ2) is 13.8. The molecule has 39 heavy (non-hydrogen) atoms. The van der Waals surface area contributed by atoms with Crippen molar-refractivity contribution >= 4 is 0 Å². The van der Waals surface area contributed by atoms with E-state index in [9.17, 15) is 0 Å². The maximum atomic E-state index is 5.79. The van der Waals surface area contributed by atoms with Crippen LogP contribution in [0.1, 0.15) is 155 Å². The summed E-state index contributed by atoms with van der Waals surface area (Å²) in [5.41, 5.74) is -1.35. The van der Waals surface area contributed by atoms with E-state index in [2.05, 4.69) is 20.8 Å². The molecular weight excluding hydrogens is 500 g/mol. The van der Waals surface area contributed by atoms with Crippen LogP contribution in [0, 0.1) is 11.3 Å². The van der Waals surface area contributed by atoms with Crippen molar-refractivity contribution in [2.75, 3.05) is 0 Å². The van der Waals surface area contributed by atoms with Crippen LogP contribution in [0.15, 0.2) is 0 Å². The number of hydrogen-bond acceptors (Lipinski definition) is 8. The molecule has 2 rings (SSSR count). The molecule has 234 valence electrons. The van der Waals surface area contributed by atoms with Gasteiger partial charge in [-0.3, -0.25) is 0 Å². The van der Waals surface area contributed by atoms with Gasteiger partial charge in [-0.25, -0.2) is 19.6 Å². The van der Waals surface area contributed by atoms with Gasteiger partial charge in [0.1, 0.15) is 0 Å². The van der Waals surface area contributed by atoms with Gasteiger partial charge in [-0.15, -0.1) is 0 Å². The molecule has 2 fully saturated rings. The SMILES string of the molecule is CC(C)(C)OOC1(OOC(C)(C)C)CCCCC1.CC1CC(C)(C)CC(OOC(C)(C)C)(OOC(C)(C)C)C1. The molecule has 0 bridgehead atoms. The standard InChI is InChI=1S/C17H34O4.C14H28O4/c1-13-10-16(8,9)12-17(11-13,20-18-14(2,3)4)21-19-15(5,6)7;1-12(2,3)15-17-14(10-8-7-9-11-14)18-16-13(4,5)6/h13H,10-12H2,1-9H3;7-11H2,1-6H3. The lowest BCUT2D eigenvalue weighted by molar-refractivity contribution is -0.551. The molecule has 0 heterocycles. The molecule has 0 aromatic carbocycles. The van der Waals surface area contributed by atoms with E-state index >= 15 is 0 Å². The summed E-state index contributed by atoms with van der Waals surface area (Å²) < 4.78 is 0. The van der Waals surface area contributed by atoms with Gasteiger partial charge in [0, 0.05) is 25.7 Å². The Bertz CT molecular complexity index is 662. The monoisotopic (exact) mass is 562 g/mol. The van der Waals surface area contributed by atoms with E-state index in [1.165, 1.54) is 6.42 Å². The third kappa shape index (κ3) is 16.6. The Balaban J connectivity index is 0.000000395. The van der Waals surface area contributed by atoms with Gasteiger partial charge in [0.2, 0.25) is 11.6 Å². The number of rotatable bonds is 8. The van der Waals surface area contributed by atoms with Crippen molar-refractivity contribution in [3.63, 3.8) is 0 Å². The van der Waals surface area contributed by atoms with Gasteiger partial charge in [-0.05, 0) is 114 Å². The van der Waals surface area contributed by atoms with Gasteiger partial charge in [0.05, 0.1) is 22.4 Å². The van der Waals surface area contributed by atoms with E-state index in [0.29, 0.717) is 5.92 Å². The lowest BCUT2D eigenvalue weighted by atomic mass is 9.70. The van der Waals surface area contributed by atoms with Crippen LogP contribution in [0.5, 0.6) is 0 Å². The van der Waals surface area contributed by atoms with Crippen molar-refractivity contribution in [1.29, 1.82) is 0 Å². The molecule has 8 heteroatoms. The molecule has 0 amide bonds. The van der Waals surface area contributed by atoms with Gasteiger partial charge in [-0.2, -0.15) is 19.6 Å². The maximum absolute atomic E-state index is 5.79. The fourth-order valence-electron chi connectivity index (χ4n) is 4.64. The van der Waals surface area contributed by atoms with Crippen molar-refractivity contribution in [2.45, 2.75) is 189 Å². The second-order valence-electron chi connectivity index (χ2n) is 16.4. The van der Waals surface area contributed by atoms with Crippen molar-refractivity contribution in [1.82, 2.24) is 0 Å². The Hall–Kier alpha value is -0.320. The Morgan fingerprint density at radius 3 is 1.13 bits per heavy atom. The Kier molecular flexibility index (Phi) is 13.0. The van der Waals surface area contributed by atoms with E-state index in [0.717, 1.165) is 44.9 Å². The minimum Gasteiger partial charge on any atom is -0.228 e. The highest BCUT2D eigenvalue weighted by Gasteiger charge is 2.48. The van der Waals surface area contributed by atoms with Crippen molar-refractivity contribution in [3.8, 4) is 0 Å². The third-order valence-electron chi connectivity index (χ3n) is 5.70. The molecule has 0 aromatic heterocycles. The predicted molar refractivity (Wildman–Crippen MR) is 153 cm³/mol. The minimum absolute atomic E-state index is 0.125. The fourth-order valence-corrected chi connectivity index (χ4v) is 4.64. The van der Waals surface area contributed by atoms with Gasteiger partial charge >= 0.3 is 0 Å². The molecule has 0 spiro atoms. The lowest BCUT2D eigenvalue weighted by Crippen LogP contribution is -2.48. The zero-order chi connectivity index (χ0) is 30.4. The molecule has 1 unspecified atom stereocenters. The average Bonchev–Trinajstić information content (AvgIpc) is 2.72. The molecule has 0 aromatic rings. The van der Waals surface area contributed by atoms with E-state index in [-0.39, 0.29) is 27.8 Å². The topological polar surface area (TPSA) is 73.8 Å². The molecule has 0 N–H and O–H groups in total. The quantitative estimate of drug-likeness (QED) is 0.165. The summed E-state index contributed by atoms with van der Waals surface area (Å²) in [4.78, 5) is 44.8. The summed E-state index contributed by atoms with van der Waals surface area (Å²) in [7, 11) is 0. The normalized spacial score (nSPS) is 23.6. The third-order valence-corrected chi connectivity index (χ3v) is 5.70. The van der Waals surface area contributed by atoms with Gasteiger partial charge in [0.25, 0.3) is 0 Å². The summed E-state index contributed by atoms with van der Waals surface area (Å²) >= 11 is 0. The molecule has 2 saturated carbocycles. The fraction of sp³-hybridized carbons (Fsp3) is 1.00. The van der Waals surface area contributed by atoms with Gasteiger partial charge in [0.15, 0.2) is 0 Å². The van der Waals surface area contributed by atoms with E-state index < -0.39 is 11.6 Å². The largest absolute Gasteiger partial charge is 0.234 e. The molecular formula is C31H62O8. The molecule has 2 aliphatic carbocycles. The van der Waals surface area contributed by atoms with E-state index in [1.54, 1.807) is 0 Å². The molecule has 1 atom stereocenters. The first kappa shape index (κ1) is 36.7. The van der Waals surface area contributed by atoms with Crippen LogP contribution >= 0.6 is 0 Å². The first-order valence-electron chi connectivity index (χ1n) is 14.8. The van der Waals surface area contributed by atoms with Crippen molar-refractivity contribution < 1.29 is 39.1 Å². The molecule has 2 aliphatic rings. The van der Waals surface area contributed by atoms with Crippen LogP contribution in [0.3, 0.4) is 0 Å². The van der Waals surface area contributed by atoms with Crippen molar-refractivity contribution in [2.24, 2.45) is 11.3 Å². The average molecular weight is 563 g/mol. The minimum atomic E-state index is -0.846. The Morgan fingerprint density at radius 1 is 0.487 bits per heavy atom. The lowest BCUT2D eigenvalue weighted by Gasteiger charge is -2.46. The molecule has 0 radical (unpaired) electrons. The summed E-state index contributed by atoms with van der Waals surface area (Å²) in [6, 6.07) is 0. The van der Waals surface area contributed by atoms with Crippen molar-refractivity contribution in [3.05, 3.63) is 0 Å². The van der Waals surface area contributed by atoms with Crippen LogP contribution in [-0.4, -0.2) is 34.0 Å².